The number of thiazole rings is 1. The number of likely N-dealkylation sites (tertiary alicyclic amines) is 1. The number of anilines is 1. The van der Waals surface area contributed by atoms with E-state index in [1.165, 1.54) is 0 Å². The van der Waals surface area contributed by atoms with Crippen LogP contribution in [0.2, 0.25) is 0 Å². The van der Waals surface area contributed by atoms with Gasteiger partial charge in [0.2, 0.25) is 5.91 Å². The first-order valence-corrected chi connectivity index (χ1v) is 8.84. The average Bonchev–Trinajstić information content (AvgIpc) is 3.32. The van der Waals surface area contributed by atoms with Crippen molar-refractivity contribution < 1.29 is 9.21 Å². The third-order valence-corrected chi connectivity index (χ3v) is 5.22. The van der Waals surface area contributed by atoms with E-state index in [2.05, 4.69) is 15.3 Å². The monoisotopic (exact) mass is 342 g/mol. The summed E-state index contributed by atoms with van der Waals surface area (Å²) < 4.78 is 5.02. The fourth-order valence-corrected chi connectivity index (χ4v) is 3.80. The molecule has 3 aromatic rings. The summed E-state index contributed by atoms with van der Waals surface area (Å²) in [5.74, 6) is 0.626. The molecule has 1 aliphatic rings. The predicted octanol–water partition coefficient (Wildman–Crippen LogP) is 2.79. The molecule has 1 atom stereocenters. The maximum absolute atomic E-state index is 12.3. The molecule has 0 aromatic carbocycles. The number of fused-ring (bicyclic) bond motifs is 1. The quantitative estimate of drug-likeness (QED) is 0.772. The van der Waals surface area contributed by atoms with Gasteiger partial charge in [0.15, 0.2) is 5.13 Å². The van der Waals surface area contributed by atoms with E-state index >= 15 is 0 Å². The van der Waals surface area contributed by atoms with Crippen molar-refractivity contribution in [1.82, 2.24) is 14.9 Å². The topological polar surface area (TPSA) is 71.3 Å². The van der Waals surface area contributed by atoms with Crippen molar-refractivity contribution in [1.29, 1.82) is 0 Å². The number of amides is 1. The van der Waals surface area contributed by atoms with Gasteiger partial charge in [-0.2, -0.15) is 0 Å². The van der Waals surface area contributed by atoms with Crippen LogP contribution in [0.5, 0.6) is 0 Å². The van der Waals surface area contributed by atoms with Gasteiger partial charge in [-0.25, -0.2) is 9.97 Å². The van der Waals surface area contributed by atoms with E-state index in [9.17, 15) is 4.79 Å². The Hall–Kier alpha value is -2.41. The minimum Gasteiger partial charge on any atom is -0.472 e. The molecule has 24 heavy (non-hydrogen) atoms. The van der Waals surface area contributed by atoms with Gasteiger partial charge in [0, 0.05) is 25.8 Å². The van der Waals surface area contributed by atoms with Crippen molar-refractivity contribution >= 4 is 32.7 Å². The molecule has 1 aliphatic heterocycles. The van der Waals surface area contributed by atoms with Gasteiger partial charge in [0.25, 0.3) is 0 Å². The number of pyridine rings is 1. The van der Waals surface area contributed by atoms with Gasteiger partial charge in [-0.1, -0.05) is 11.3 Å². The summed E-state index contributed by atoms with van der Waals surface area (Å²) in [7, 11) is 0. The zero-order valence-corrected chi connectivity index (χ0v) is 14.0. The molecule has 0 aliphatic carbocycles. The lowest BCUT2D eigenvalue weighted by Crippen LogP contribution is -2.30. The van der Waals surface area contributed by atoms with E-state index in [1.807, 2.05) is 23.1 Å². The highest BCUT2D eigenvalue weighted by Gasteiger charge is 2.26. The zero-order chi connectivity index (χ0) is 16.4. The molecule has 4 heterocycles. The van der Waals surface area contributed by atoms with Gasteiger partial charge in [-0.15, -0.1) is 0 Å². The van der Waals surface area contributed by atoms with Crippen LogP contribution in [0, 0.1) is 5.92 Å². The van der Waals surface area contributed by atoms with E-state index in [0.29, 0.717) is 12.3 Å². The number of hydrogen-bond acceptors (Lipinski definition) is 6. The second-order valence-corrected chi connectivity index (χ2v) is 7.01. The molecule has 1 fully saturated rings. The first-order chi connectivity index (χ1) is 11.8. The maximum atomic E-state index is 12.3. The van der Waals surface area contributed by atoms with Crippen LogP contribution in [0.1, 0.15) is 12.0 Å². The summed E-state index contributed by atoms with van der Waals surface area (Å²) in [5.41, 5.74) is 1.86. The first-order valence-electron chi connectivity index (χ1n) is 8.02. The number of hydrogen-bond donors (Lipinski definition) is 1. The van der Waals surface area contributed by atoms with Crippen molar-refractivity contribution in [2.45, 2.75) is 12.8 Å². The van der Waals surface area contributed by atoms with Crippen molar-refractivity contribution in [3.8, 4) is 0 Å². The highest BCUT2D eigenvalue weighted by molar-refractivity contribution is 7.21. The number of nitrogens with one attached hydrogen (secondary N) is 1. The maximum Gasteiger partial charge on any atom is 0.227 e. The number of rotatable bonds is 5. The Bertz CT molecular complexity index is 797. The molecule has 1 amide bonds. The Kier molecular flexibility index (Phi) is 4.17. The lowest BCUT2D eigenvalue weighted by molar-refractivity contribution is -0.129. The van der Waals surface area contributed by atoms with Crippen LogP contribution in [0.3, 0.4) is 0 Å². The molecule has 7 heteroatoms. The molecule has 6 nitrogen and oxygen atoms in total. The second-order valence-electron chi connectivity index (χ2n) is 6.03. The van der Waals surface area contributed by atoms with Crippen molar-refractivity contribution in [2.24, 2.45) is 5.92 Å². The van der Waals surface area contributed by atoms with Crippen molar-refractivity contribution in [3.05, 3.63) is 42.5 Å². The fraction of sp³-hybridized carbons (Fsp3) is 0.353. The lowest BCUT2D eigenvalue weighted by Gasteiger charge is -2.16. The number of carbonyl (C=O) groups is 1. The van der Waals surface area contributed by atoms with Gasteiger partial charge in [0.05, 0.1) is 18.9 Å². The molecule has 124 valence electrons. The summed E-state index contributed by atoms with van der Waals surface area (Å²) in [4.78, 5) is 24.0. The molecule has 0 saturated carbocycles. The number of furan rings is 1. The van der Waals surface area contributed by atoms with Crippen LogP contribution in [0.4, 0.5) is 5.13 Å². The van der Waals surface area contributed by atoms with Crippen LogP contribution >= 0.6 is 11.3 Å². The van der Waals surface area contributed by atoms with Crippen molar-refractivity contribution in [2.75, 3.05) is 25.0 Å². The fourth-order valence-electron chi connectivity index (χ4n) is 2.98. The SMILES string of the molecule is O=C(Cc1ccoc1)N1CCC(CNc2nc3cccnc3s2)C1. The molecule has 4 rings (SSSR count). The summed E-state index contributed by atoms with van der Waals surface area (Å²) in [5, 5.41) is 4.29. The molecule has 1 N–H and O–H groups in total. The van der Waals surface area contributed by atoms with Gasteiger partial charge in [-0.3, -0.25) is 4.79 Å². The van der Waals surface area contributed by atoms with Gasteiger partial charge in [-0.05, 0) is 36.1 Å². The predicted molar refractivity (Wildman–Crippen MR) is 93.0 cm³/mol. The smallest absolute Gasteiger partial charge is 0.227 e. The Morgan fingerprint density at radius 1 is 1.46 bits per heavy atom. The van der Waals surface area contributed by atoms with Crippen LogP contribution in [0.15, 0.2) is 41.3 Å². The Labute approximate surface area is 143 Å². The third kappa shape index (κ3) is 3.26. The van der Waals surface area contributed by atoms with Crippen LogP contribution < -0.4 is 5.32 Å². The van der Waals surface area contributed by atoms with E-state index in [0.717, 1.165) is 47.1 Å². The van der Waals surface area contributed by atoms with E-state index < -0.39 is 0 Å². The Morgan fingerprint density at radius 2 is 2.42 bits per heavy atom. The van der Waals surface area contributed by atoms with Crippen LogP contribution in [-0.4, -0.2) is 40.4 Å². The summed E-state index contributed by atoms with van der Waals surface area (Å²) in [6, 6.07) is 5.70. The highest BCUT2D eigenvalue weighted by atomic mass is 32.1. The van der Waals surface area contributed by atoms with E-state index in [-0.39, 0.29) is 5.91 Å². The summed E-state index contributed by atoms with van der Waals surface area (Å²) in [6.45, 7) is 2.45. The average molecular weight is 342 g/mol. The van der Waals surface area contributed by atoms with Crippen LogP contribution in [-0.2, 0) is 11.2 Å². The van der Waals surface area contributed by atoms with Gasteiger partial charge < -0.3 is 14.6 Å². The lowest BCUT2D eigenvalue weighted by atomic mass is 10.1. The van der Waals surface area contributed by atoms with Crippen molar-refractivity contribution in [3.63, 3.8) is 0 Å². The van der Waals surface area contributed by atoms with E-state index in [1.54, 1.807) is 30.1 Å². The largest absolute Gasteiger partial charge is 0.472 e. The summed E-state index contributed by atoms with van der Waals surface area (Å²) in [6.07, 6.45) is 6.46. The van der Waals surface area contributed by atoms with E-state index in [4.69, 9.17) is 4.42 Å². The molecule has 1 unspecified atom stereocenters. The highest BCUT2D eigenvalue weighted by Crippen LogP contribution is 2.25. The molecule has 0 bridgehead atoms. The minimum absolute atomic E-state index is 0.170. The Morgan fingerprint density at radius 3 is 3.25 bits per heavy atom. The number of nitrogens with zero attached hydrogens (tertiary/aromatic N) is 3. The third-order valence-electron chi connectivity index (χ3n) is 4.28. The molecule has 3 aromatic heterocycles. The standard InChI is InChI=1S/C17H18N4O2S/c22-15(8-12-4-7-23-11-12)21-6-3-13(10-21)9-19-17-20-14-2-1-5-18-16(14)24-17/h1-2,4-5,7,11,13H,3,6,8-10H2,(H,19,20). The Balaban J connectivity index is 1.29. The first kappa shape index (κ1) is 15.1. The second kappa shape index (κ2) is 6.60. The molecule has 1 saturated heterocycles. The zero-order valence-electron chi connectivity index (χ0n) is 13.1. The molecular formula is C17H18N4O2S. The van der Waals surface area contributed by atoms with Crippen LogP contribution in [0.25, 0.3) is 10.3 Å². The van der Waals surface area contributed by atoms with Gasteiger partial charge >= 0.3 is 0 Å². The number of carbonyl (C=O) groups excluding carboxylic acids is 1. The summed E-state index contributed by atoms with van der Waals surface area (Å²) >= 11 is 1.57. The minimum atomic E-state index is 0.170. The normalized spacial score (nSPS) is 17.5. The molecule has 0 spiro atoms. The number of aromatic nitrogens is 2. The van der Waals surface area contributed by atoms with Gasteiger partial charge in [0.1, 0.15) is 10.3 Å². The molecular weight excluding hydrogens is 324 g/mol. The molecule has 0 radical (unpaired) electrons.